The Bertz CT molecular complexity index is 944. The minimum atomic E-state index is -0.583. The van der Waals surface area contributed by atoms with Crippen molar-refractivity contribution in [2.75, 3.05) is 7.11 Å². The second-order valence-corrected chi connectivity index (χ2v) is 6.87. The summed E-state index contributed by atoms with van der Waals surface area (Å²) < 4.78 is 20.6. The maximum Gasteiger partial charge on any atom is 0.373 e. The summed E-state index contributed by atoms with van der Waals surface area (Å²) in [7, 11) is 1.26. The lowest BCUT2D eigenvalue weighted by Crippen LogP contribution is -2.08. The Morgan fingerprint density at radius 3 is 2.64 bits per heavy atom. The predicted molar refractivity (Wildman–Crippen MR) is 101 cm³/mol. The van der Waals surface area contributed by atoms with Gasteiger partial charge in [0.25, 0.3) is 0 Å². The number of hydrogen-bond donors (Lipinski definition) is 0. The van der Waals surface area contributed by atoms with E-state index in [0.29, 0.717) is 18.1 Å². The molecular formula is C20H19NO6S. The van der Waals surface area contributed by atoms with Crippen LogP contribution in [-0.4, -0.2) is 24.0 Å². The average Bonchev–Trinajstić information content (AvgIpc) is 3.35. The quantitative estimate of drug-likeness (QED) is 0.532. The maximum absolute atomic E-state index is 12.0. The van der Waals surface area contributed by atoms with Gasteiger partial charge in [-0.3, -0.25) is 4.79 Å². The van der Waals surface area contributed by atoms with Crippen LogP contribution in [0.3, 0.4) is 0 Å². The van der Waals surface area contributed by atoms with Crippen molar-refractivity contribution in [2.45, 2.75) is 26.6 Å². The van der Waals surface area contributed by atoms with E-state index in [1.54, 1.807) is 11.4 Å². The van der Waals surface area contributed by atoms with Gasteiger partial charge in [-0.2, -0.15) is 0 Å². The number of furan rings is 1. The summed E-state index contributed by atoms with van der Waals surface area (Å²) in [4.78, 5) is 27.7. The van der Waals surface area contributed by atoms with Crippen LogP contribution in [0.2, 0.25) is 0 Å². The van der Waals surface area contributed by atoms with Crippen LogP contribution in [0.1, 0.15) is 32.6 Å². The lowest BCUT2D eigenvalue weighted by Gasteiger charge is -2.04. The molecule has 0 aliphatic rings. The molecule has 1 aromatic carbocycles. The number of nitrogens with zero attached hydrogens (tertiary/aromatic N) is 1. The van der Waals surface area contributed by atoms with Gasteiger partial charge in [0, 0.05) is 5.38 Å². The molecule has 2 heterocycles. The third-order valence-electron chi connectivity index (χ3n) is 3.73. The number of ether oxygens (including phenoxy) is 3. The van der Waals surface area contributed by atoms with Crippen molar-refractivity contribution in [3.8, 4) is 5.75 Å². The zero-order chi connectivity index (χ0) is 19.9. The first-order valence-corrected chi connectivity index (χ1v) is 9.37. The first kappa shape index (κ1) is 19.6. The first-order chi connectivity index (χ1) is 13.5. The molecule has 0 amide bonds. The number of rotatable bonds is 8. The normalized spacial score (nSPS) is 10.5. The lowest BCUT2D eigenvalue weighted by molar-refractivity contribution is -0.144. The third kappa shape index (κ3) is 5.43. The van der Waals surface area contributed by atoms with Crippen molar-refractivity contribution in [2.24, 2.45) is 0 Å². The van der Waals surface area contributed by atoms with Gasteiger partial charge in [0.2, 0.25) is 5.76 Å². The molecule has 7 nitrogen and oxygen atoms in total. The second kappa shape index (κ2) is 9.18. The van der Waals surface area contributed by atoms with Crippen molar-refractivity contribution >= 4 is 23.3 Å². The van der Waals surface area contributed by atoms with Gasteiger partial charge in [0.1, 0.15) is 29.7 Å². The van der Waals surface area contributed by atoms with E-state index in [-0.39, 0.29) is 18.8 Å². The summed E-state index contributed by atoms with van der Waals surface area (Å²) in [6.07, 6.45) is 0.0472. The Labute approximate surface area is 165 Å². The SMILES string of the molecule is COC(=O)c1ccc(COC(=O)Cc2csc(COc3ccc(C)cc3)n2)o1. The zero-order valence-corrected chi connectivity index (χ0v) is 16.3. The van der Waals surface area contributed by atoms with E-state index in [0.717, 1.165) is 10.8 Å². The fourth-order valence-electron chi connectivity index (χ4n) is 2.29. The molecule has 0 bridgehead atoms. The number of aromatic nitrogens is 1. The molecule has 0 atom stereocenters. The fourth-order valence-corrected chi connectivity index (χ4v) is 3.00. The number of aryl methyl sites for hydroxylation is 1. The molecule has 8 heteroatoms. The zero-order valence-electron chi connectivity index (χ0n) is 15.5. The van der Waals surface area contributed by atoms with Gasteiger partial charge < -0.3 is 18.6 Å². The van der Waals surface area contributed by atoms with Gasteiger partial charge in [-0.1, -0.05) is 17.7 Å². The summed E-state index contributed by atoms with van der Waals surface area (Å²) in [5.74, 6) is 0.171. The van der Waals surface area contributed by atoms with Gasteiger partial charge in [-0.25, -0.2) is 9.78 Å². The summed E-state index contributed by atoms with van der Waals surface area (Å²) in [5, 5.41) is 2.58. The van der Waals surface area contributed by atoms with Gasteiger partial charge in [-0.05, 0) is 31.2 Å². The molecule has 3 rings (SSSR count). The molecule has 0 saturated heterocycles. The maximum atomic E-state index is 12.0. The summed E-state index contributed by atoms with van der Waals surface area (Å²) >= 11 is 1.42. The van der Waals surface area contributed by atoms with Gasteiger partial charge >= 0.3 is 11.9 Å². The van der Waals surface area contributed by atoms with Crippen molar-refractivity contribution in [3.63, 3.8) is 0 Å². The Kier molecular flexibility index (Phi) is 6.44. The highest BCUT2D eigenvalue weighted by Crippen LogP contribution is 2.17. The highest BCUT2D eigenvalue weighted by molar-refractivity contribution is 7.09. The minimum absolute atomic E-state index is 0.0472. The Balaban J connectivity index is 1.45. The van der Waals surface area contributed by atoms with Crippen LogP contribution in [0, 0.1) is 6.92 Å². The molecule has 0 fully saturated rings. The lowest BCUT2D eigenvalue weighted by atomic mass is 10.2. The van der Waals surface area contributed by atoms with E-state index < -0.39 is 11.9 Å². The number of esters is 2. The van der Waals surface area contributed by atoms with Crippen LogP contribution in [0.4, 0.5) is 0 Å². The number of carbonyl (C=O) groups excluding carboxylic acids is 2. The highest BCUT2D eigenvalue weighted by Gasteiger charge is 2.14. The van der Waals surface area contributed by atoms with Crippen LogP contribution in [0.15, 0.2) is 46.2 Å². The van der Waals surface area contributed by atoms with Crippen LogP contribution in [0.25, 0.3) is 0 Å². The van der Waals surface area contributed by atoms with E-state index in [1.807, 2.05) is 31.2 Å². The largest absolute Gasteiger partial charge is 0.486 e. The molecule has 0 unspecified atom stereocenters. The predicted octanol–water partition coefficient (Wildman–Crippen LogP) is 3.70. The van der Waals surface area contributed by atoms with Gasteiger partial charge in [0.15, 0.2) is 0 Å². The van der Waals surface area contributed by atoms with Gasteiger partial charge in [-0.15, -0.1) is 11.3 Å². The topological polar surface area (TPSA) is 87.9 Å². The van der Waals surface area contributed by atoms with E-state index in [2.05, 4.69) is 9.72 Å². The molecule has 0 saturated carbocycles. The Morgan fingerprint density at radius 2 is 1.89 bits per heavy atom. The van der Waals surface area contributed by atoms with Crippen LogP contribution < -0.4 is 4.74 Å². The van der Waals surface area contributed by atoms with E-state index in [9.17, 15) is 9.59 Å². The van der Waals surface area contributed by atoms with Crippen LogP contribution in [0.5, 0.6) is 5.75 Å². The third-order valence-corrected chi connectivity index (χ3v) is 4.60. The molecule has 0 radical (unpaired) electrons. The molecule has 0 N–H and O–H groups in total. The summed E-state index contributed by atoms with van der Waals surface area (Å²) in [5.41, 5.74) is 1.78. The average molecular weight is 401 g/mol. The molecule has 2 aromatic heterocycles. The van der Waals surface area contributed by atoms with E-state index in [1.165, 1.54) is 30.1 Å². The Morgan fingerprint density at radius 1 is 1.11 bits per heavy atom. The number of thiazole rings is 1. The number of carbonyl (C=O) groups is 2. The smallest absolute Gasteiger partial charge is 0.373 e. The molecule has 0 spiro atoms. The highest BCUT2D eigenvalue weighted by atomic mass is 32.1. The second-order valence-electron chi connectivity index (χ2n) is 5.93. The van der Waals surface area contributed by atoms with E-state index in [4.69, 9.17) is 13.9 Å². The summed E-state index contributed by atoms with van der Waals surface area (Å²) in [6.45, 7) is 2.29. The summed E-state index contributed by atoms with van der Waals surface area (Å²) in [6, 6.07) is 10.8. The molecule has 0 aliphatic heterocycles. The van der Waals surface area contributed by atoms with Crippen molar-refractivity contribution in [1.82, 2.24) is 4.98 Å². The monoisotopic (exact) mass is 401 g/mol. The van der Waals surface area contributed by atoms with Crippen molar-refractivity contribution in [1.29, 1.82) is 0 Å². The molecule has 28 heavy (non-hydrogen) atoms. The van der Waals surface area contributed by atoms with Crippen molar-refractivity contribution in [3.05, 3.63) is 69.6 Å². The number of methoxy groups -OCH3 is 1. The Hall–Kier alpha value is -3.13. The standard InChI is InChI=1S/C20H19NO6S/c1-13-3-5-15(6-4-13)25-11-18-21-14(12-28-18)9-19(22)26-10-16-7-8-17(27-16)20(23)24-2/h3-8,12H,9-11H2,1-2H3. The molecule has 0 aliphatic carbocycles. The van der Waals surface area contributed by atoms with Crippen molar-refractivity contribution < 1.29 is 28.2 Å². The minimum Gasteiger partial charge on any atom is -0.486 e. The van der Waals surface area contributed by atoms with Gasteiger partial charge in [0.05, 0.1) is 19.2 Å². The number of hydrogen-bond acceptors (Lipinski definition) is 8. The molecular weight excluding hydrogens is 382 g/mol. The van der Waals surface area contributed by atoms with E-state index >= 15 is 0 Å². The number of benzene rings is 1. The van der Waals surface area contributed by atoms with Crippen LogP contribution in [-0.2, 0) is 33.9 Å². The first-order valence-electron chi connectivity index (χ1n) is 8.49. The van der Waals surface area contributed by atoms with Crippen LogP contribution >= 0.6 is 11.3 Å². The molecule has 3 aromatic rings. The molecule has 146 valence electrons. The fraction of sp³-hybridized carbons (Fsp3) is 0.250.